The molecule has 0 spiro atoms. The fourth-order valence-electron chi connectivity index (χ4n) is 2.27. The zero-order valence-corrected chi connectivity index (χ0v) is 11.2. The molecule has 1 fully saturated rings. The predicted molar refractivity (Wildman–Crippen MR) is 75.2 cm³/mol. The van der Waals surface area contributed by atoms with Gasteiger partial charge in [0.15, 0.2) is 0 Å². The van der Waals surface area contributed by atoms with Crippen LogP contribution in [0.5, 0.6) is 0 Å². The monoisotopic (exact) mass is 278 g/mol. The van der Waals surface area contributed by atoms with Crippen LogP contribution in [-0.4, -0.2) is 23.3 Å². The molecule has 0 unspecified atom stereocenters. The summed E-state index contributed by atoms with van der Waals surface area (Å²) in [4.78, 5) is 2.12. The normalized spacial score (nSPS) is 15.7. The summed E-state index contributed by atoms with van der Waals surface area (Å²) in [6, 6.07) is 5.81. The molecule has 5 nitrogen and oxygen atoms in total. The number of anilines is 2. The van der Waals surface area contributed by atoms with Crippen LogP contribution in [0.3, 0.4) is 0 Å². The SMILES string of the molecule is Nc1cc(Cl)ccc1-c1nnc(N2CCCCC2)o1. The topological polar surface area (TPSA) is 68.2 Å². The first-order chi connectivity index (χ1) is 9.24. The summed E-state index contributed by atoms with van der Waals surface area (Å²) in [5, 5.41) is 8.77. The Balaban J connectivity index is 1.87. The number of hydrogen-bond acceptors (Lipinski definition) is 5. The lowest BCUT2D eigenvalue weighted by atomic mass is 10.1. The van der Waals surface area contributed by atoms with Gasteiger partial charge in [0.1, 0.15) is 0 Å². The number of nitrogen functional groups attached to an aromatic ring is 1. The fourth-order valence-corrected chi connectivity index (χ4v) is 2.45. The minimum absolute atomic E-state index is 0.440. The van der Waals surface area contributed by atoms with Crippen LogP contribution < -0.4 is 10.6 Å². The van der Waals surface area contributed by atoms with Crippen molar-refractivity contribution < 1.29 is 4.42 Å². The quantitative estimate of drug-likeness (QED) is 0.856. The van der Waals surface area contributed by atoms with Gasteiger partial charge in [-0.25, -0.2) is 0 Å². The number of rotatable bonds is 2. The predicted octanol–water partition coefficient (Wildman–Crippen LogP) is 2.96. The Morgan fingerprint density at radius 2 is 1.95 bits per heavy atom. The van der Waals surface area contributed by atoms with E-state index >= 15 is 0 Å². The van der Waals surface area contributed by atoms with Crippen molar-refractivity contribution in [2.24, 2.45) is 0 Å². The Morgan fingerprint density at radius 1 is 1.16 bits per heavy atom. The van der Waals surface area contributed by atoms with E-state index in [4.69, 9.17) is 21.8 Å². The van der Waals surface area contributed by atoms with Gasteiger partial charge in [0.2, 0.25) is 0 Å². The molecule has 0 aliphatic carbocycles. The average molecular weight is 279 g/mol. The second kappa shape index (κ2) is 5.09. The molecule has 0 bridgehead atoms. The summed E-state index contributed by atoms with van der Waals surface area (Å²) in [5.41, 5.74) is 7.18. The van der Waals surface area contributed by atoms with E-state index in [-0.39, 0.29) is 0 Å². The van der Waals surface area contributed by atoms with Gasteiger partial charge < -0.3 is 15.1 Å². The van der Waals surface area contributed by atoms with E-state index in [9.17, 15) is 0 Å². The minimum atomic E-state index is 0.440. The smallest absolute Gasteiger partial charge is 0.318 e. The van der Waals surface area contributed by atoms with E-state index in [0.29, 0.717) is 22.6 Å². The van der Waals surface area contributed by atoms with Gasteiger partial charge in [-0.05, 0) is 37.5 Å². The van der Waals surface area contributed by atoms with Crippen LogP contribution in [0.25, 0.3) is 11.5 Å². The molecule has 1 aromatic heterocycles. The highest BCUT2D eigenvalue weighted by Crippen LogP contribution is 2.29. The highest BCUT2D eigenvalue weighted by molar-refractivity contribution is 6.31. The number of nitrogens with two attached hydrogens (primary N) is 1. The van der Waals surface area contributed by atoms with Crippen molar-refractivity contribution in [1.82, 2.24) is 10.2 Å². The third-order valence-electron chi connectivity index (χ3n) is 3.28. The zero-order valence-electron chi connectivity index (χ0n) is 10.5. The Labute approximate surface area is 116 Å². The molecule has 0 atom stereocenters. The van der Waals surface area contributed by atoms with Crippen LogP contribution in [0.4, 0.5) is 11.7 Å². The van der Waals surface area contributed by atoms with Crippen molar-refractivity contribution >= 4 is 23.3 Å². The van der Waals surface area contributed by atoms with E-state index in [1.54, 1.807) is 18.2 Å². The van der Waals surface area contributed by atoms with E-state index in [0.717, 1.165) is 18.7 Å². The van der Waals surface area contributed by atoms with Crippen molar-refractivity contribution in [3.63, 3.8) is 0 Å². The second-order valence-corrected chi connectivity index (χ2v) is 5.11. The lowest BCUT2D eigenvalue weighted by Crippen LogP contribution is -2.29. The van der Waals surface area contributed by atoms with Crippen LogP contribution in [-0.2, 0) is 0 Å². The summed E-state index contributed by atoms with van der Waals surface area (Å²) in [5.74, 6) is 0.440. The van der Waals surface area contributed by atoms with Crippen LogP contribution in [0, 0.1) is 0 Å². The molecule has 1 saturated heterocycles. The molecule has 2 heterocycles. The molecule has 19 heavy (non-hydrogen) atoms. The zero-order chi connectivity index (χ0) is 13.2. The van der Waals surface area contributed by atoms with Crippen molar-refractivity contribution in [2.45, 2.75) is 19.3 Å². The number of halogens is 1. The van der Waals surface area contributed by atoms with Crippen LogP contribution >= 0.6 is 11.6 Å². The Bertz CT molecular complexity index is 578. The maximum absolute atomic E-state index is 5.92. The standard InChI is InChI=1S/C13H15ClN4O/c14-9-4-5-10(11(15)8-9)12-16-17-13(19-12)18-6-2-1-3-7-18/h4-5,8H,1-3,6-7,15H2. The van der Waals surface area contributed by atoms with E-state index < -0.39 is 0 Å². The molecule has 1 aromatic carbocycles. The van der Waals surface area contributed by atoms with Gasteiger partial charge in [0.05, 0.1) is 5.56 Å². The highest BCUT2D eigenvalue weighted by Gasteiger charge is 2.18. The molecule has 0 saturated carbocycles. The Hall–Kier alpha value is -1.75. The molecular weight excluding hydrogens is 264 g/mol. The molecule has 6 heteroatoms. The van der Waals surface area contributed by atoms with Gasteiger partial charge in [-0.3, -0.25) is 0 Å². The molecule has 0 radical (unpaired) electrons. The first-order valence-electron chi connectivity index (χ1n) is 6.38. The first-order valence-corrected chi connectivity index (χ1v) is 6.76. The molecule has 0 amide bonds. The van der Waals surface area contributed by atoms with Gasteiger partial charge in [0.25, 0.3) is 5.89 Å². The number of aromatic nitrogens is 2. The number of nitrogens with zero attached hydrogens (tertiary/aromatic N) is 3. The van der Waals surface area contributed by atoms with Crippen LogP contribution in [0.15, 0.2) is 22.6 Å². The van der Waals surface area contributed by atoms with Crippen LogP contribution in [0.2, 0.25) is 5.02 Å². The molecular formula is C13H15ClN4O. The van der Waals surface area contributed by atoms with Crippen molar-refractivity contribution in [1.29, 1.82) is 0 Å². The van der Waals surface area contributed by atoms with Gasteiger partial charge in [-0.1, -0.05) is 16.7 Å². The first kappa shape index (κ1) is 12.3. The van der Waals surface area contributed by atoms with Crippen molar-refractivity contribution in [3.8, 4) is 11.5 Å². The van der Waals surface area contributed by atoms with Gasteiger partial charge in [-0.15, -0.1) is 5.10 Å². The van der Waals surface area contributed by atoms with E-state index in [2.05, 4.69) is 15.1 Å². The van der Waals surface area contributed by atoms with Gasteiger partial charge in [0, 0.05) is 23.8 Å². The summed E-state index contributed by atoms with van der Waals surface area (Å²) >= 11 is 5.88. The molecule has 3 rings (SSSR count). The number of piperidine rings is 1. The summed E-state index contributed by atoms with van der Waals surface area (Å²) in [6.45, 7) is 1.94. The summed E-state index contributed by atoms with van der Waals surface area (Å²) < 4.78 is 5.71. The number of hydrogen-bond donors (Lipinski definition) is 1. The molecule has 2 N–H and O–H groups in total. The molecule has 1 aliphatic heterocycles. The molecule has 1 aliphatic rings. The van der Waals surface area contributed by atoms with Crippen LogP contribution in [0.1, 0.15) is 19.3 Å². The largest absolute Gasteiger partial charge is 0.403 e. The van der Waals surface area contributed by atoms with Gasteiger partial charge in [-0.2, -0.15) is 0 Å². The third kappa shape index (κ3) is 2.51. The molecule has 100 valence electrons. The third-order valence-corrected chi connectivity index (χ3v) is 3.52. The lowest BCUT2D eigenvalue weighted by Gasteiger charge is -2.24. The maximum atomic E-state index is 5.92. The highest BCUT2D eigenvalue weighted by atomic mass is 35.5. The summed E-state index contributed by atoms with van der Waals surface area (Å²) in [7, 11) is 0. The molecule has 2 aromatic rings. The number of benzene rings is 1. The Kier molecular flexibility index (Phi) is 3.29. The second-order valence-electron chi connectivity index (χ2n) is 4.67. The van der Waals surface area contributed by atoms with Crippen molar-refractivity contribution in [2.75, 3.05) is 23.7 Å². The minimum Gasteiger partial charge on any atom is -0.403 e. The maximum Gasteiger partial charge on any atom is 0.318 e. The van der Waals surface area contributed by atoms with Gasteiger partial charge >= 0.3 is 6.01 Å². The fraction of sp³-hybridized carbons (Fsp3) is 0.385. The average Bonchev–Trinajstić information content (AvgIpc) is 2.89. The van der Waals surface area contributed by atoms with E-state index in [1.165, 1.54) is 19.3 Å². The van der Waals surface area contributed by atoms with Crippen molar-refractivity contribution in [3.05, 3.63) is 23.2 Å². The van der Waals surface area contributed by atoms with E-state index in [1.807, 2.05) is 0 Å². The Morgan fingerprint density at radius 3 is 2.68 bits per heavy atom. The summed E-state index contributed by atoms with van der Waals surface area (Å²) in [6.07, 6.45) is 3.60. The lowest BCUT2D eigenvalue weighted by molar-refractivity contribution is 0.498.